The number of rotatable bonds is 8. The van der Waals surface area contributed by atoms with Gasteiger partial charge in [-0.2, -0.15) is 0 Å². The van der Waals surface area contributed by atoms with E-state index in [-0.39, 0.29) is 4.90 Å². The molecule has 0 radical (unpaired) electrons. The van der Waals surface area contributed by atoms with Crippen molar-refractivity contribution in [3.8, 4) is 5.75 Å². The van der Waals surface area contributed by atoms with Crippen molar-refractivity contribution in [1.82, 2.24) is 4.98 Å². The molecule has 3 rings (SSSR count). The summed E-state index contributed by atoms with van der Waals surface area (Å²) in [6.07, 6.45) is 2.55. The van der Waals surface area contributed by atoms with Crippen LogP contribution in [0.2, 0.25) is 0 Å². The molecule has 9 heteroatoms. The lowest BCUT2D eigenvalue weighted by molar-refractivity contribution is -0.122. The Balaban J connectivity index is 1.65. The summed E-state index contributed by atoms with van der Waals surface area (Å²) in [6.45, 7) is 1.79. The molecule has 0 aliphatic rings. The fourth-order valence-corrected chi connectivity index (χ4v) is 3.62. The maximum atomic E-state index is 13.0. The van der Waals surface area contributed by atoms with Gasteiger partial charge in [-0.25, -0.2) is 12.8 Å². The topological polar surface area (TPSA) is 97.4 Å². The van der Waals surface area contributed by atoms with E-state index < -0.39 is 27.9 Å². The number of nitrogens with one attached hydrogen (secondary N) is 2. The first-order valence-corrected chi connectivity index (χ1v) is 10.6. The van der Waals surface area contributed by atoms with Gasteiger partial charge < -0.3 is 10.1 Å². The van der Waals surface area contributed by atoms with E-state index in [1.54, 1.807) is 25.3 Å². The average molecular weight is 429 g/mol. The van der Waals surface area contributed by atoms with Crippen LogP contribution in [0.1, 0.15) is 13.3 Å². The molecule has 1 heterocycles. The molecule has 0 bridgehead atoms. The molecule has 0 aliphatic heterocycles. The van der Waals surface area contributed by atoms with Gasteiger partial charge in [-0.3, -0.25) is 14.5 Å². The van der Waals surface area contributed by atoms with Gasteiger partial charge in [0, 0.05) is 11.9 Å². The molecular formula is C21H20FN3O4S. The standard InChI is InChI=1S/C21H20FN3O4S/c1-2-20(29-18-9-5-15(22)6-10-18)21(26)24-16-7-11-19(12-8-16)30(27,28)25-17-4-3-13-23-14-17/h3-14,20,25H,2H2,1H3,(H,24,26)/t20-/m1/s1. The average Bonchev–Trinajstić information content (AvgIpc) is 2.74. The summed E-state index contributed by atoms with van der Waals surface area (Å²) in [5.41, 5.74) is 0.764. The van der Waals surface area contributed by atoms with E-state index in [4.69, 9.17) is 4.74 Å². The third-order valence-electron chi connectivity index (χ3n) is 4.10. The van der Waals surface area contributed by atoms with Gasteiger partial charge in [-0.15, -0.1) is 0 Å². The number of hydrogen-bond acceptors (Lipinski definition) is 5. The van der Waals surface area contributed by atoms with Gasteiger partial charge in [0.05, 0.1) is 16.8 Å². The molecule has 1 aromatic heterocycles. The number of nitrogens with zero attached hydrogens (tertiary/aromatic N) is 1. The highest BCUT2D eigenvalue weighted by molar-refractivity contribution is 7.92. The van der Waals surface area contributed by atoms with Crippen LogP contribution in [0.25, 0.3) is 0 Å². The lowest BCUT2D eigenvalue weighted by Crippen LogP contribution is -2.32. The van der Waals surface area contributed by atoms with Crippen molar-refractivity contribution in [1.29, 1.82) is 0 Å². The van der Waals surface area contributed by atoms with Gasteiger partial charge in [-0.05, 0) is 67.1 Å². The molecular weight excluding hydrogens is 409 g/mol. The second-order valence-corrected chi connectivity index (χ2v) is 8.01. The molecule has 1 amide bonds. The van der Waals surface area contributed by atoms with E-state index in [2.05, 4.69) is 15.0 Å². The van der Waals surface area contributed by atoms with Crippen LogP contribution in [0.3, 0.4) is 0 Å². The second-order valence-electron chi connectivity index (χ2n) is 6.33. The Morgan fingerprint density at radius 3 is 2.37 bits per heavy atom. The Bertz CT molecular complexity index is 1090. The van der Waals surface area contributed by atoms with E-state index in [0.29, 0.717) is 23.5 Å². The van der Waals surface area contributed by atoms with E-state index in [9.17, 15) is 17.6 Å². The zero-order valence-electron chi connectivity index (χ0n) is 16.1. The summed E-state index contributed by atoms with van der Waals surface area (Å²) in [7, 11) is -3.78. The van der Waals surface area contributed by atoms with Crippen molar-refractivity contribution in [2.45, 2.75) is 24.3 Å². The maximum absolute atomic E-state index is 13.0. The summed E-state index contributed by atoms with van der Waals surface area (Å²) < 4.78 is 45.9. The van der Waals surface area contributed by atoms with Crippen molar-refractivity contribution in [2.75, 3.05) is 10.0 Å². The van der Waals surface area contributed by atoms with Gasteiger partial charge in [-0.1, -0.05) is 6.92 Å². The van der Waals surface area contributed by atoms with Crippen LogP contribution in [-0.2, 0) is 14.8 Å². The van der Waals surface area contributed by atoms with E-state index >= 15 is 0 Å². The smallest absolute Gasteiger partial charge is 0.265 e. The quantitative estimate of drug-likeness (QED) is 0.567. The zero-order valence-corrected chi connectivity index (χ0v) is 16.9. The molecule has 0 unspecified atom stereocenters. The number of anilines is 2. The Hall–Kier alpha value is -3.46. The molecule has 2 aromatic carbocycles. The molecule has 1 atom stereocenters. The minimum absolute atomic E-state index is 0.0407. The summed E-state index contributed by atoms with van der Waals surface area (Å²) in [5.74, 6) is -0.417. The molecule has 0 aliphatic carbocycles. The minimum atomic E-state index is -3.78. The number of hydrogen-bond donors (Lipinski definition) is 2. The van der Waals surface area contributed by atoms with Gasteiger partial charge >= 0.3 is 0 Å². The van der Waals surface area contributed by atoms with Gasteiger partial charge in [0.25, 0.3) is 15.9 Å². The minimum Gasteiger partial charge on any atom is -0.481 e. The van der Waals surface area contributed by atoms with Crippen LogP contribution in [0.5, 0.6) is 5.75 Å². The fourth-order valence-electron chi connectivity index (χ4n) is 2.58. The monoisotopic (exact) mass is 429 g/mol. The lowest BCUT2D eigenvalue weighted by atomic mass is 10.2. The number of carbonyl (C=O) groups excluding carboxylic acids is 1. The van der Waals surface area contributed by atoms with Crippen LogP contribution < -0.4 is 14.8 Å². The molecule has 156 valence electrons. The Labute approximate surface area is 174 Å². The van der Waals surface area contributed by atoms with Crippen molar-refractivity contribution in [3.63, 3.8) is 0 Å². The van der Waals surface area contributed by atoms with E-state index in [1.807, 2.05) is 0 Å². The number of benzene rings is 2. The highest BCUT2D eigenvalue weighted by atomic mass is 32.2. The predicted octanol–water partition coefficient (Wildman–Crippen LogP) is 3.82. The third kappa shape index (κ3) is 5.54. The Morgan fingerprint density at radius 2 is 1.77 bits per heavy atom. The largest absolute Gasteiger partial charge is 0.481 e. The fraction of sp³-hybridized carbons (Fsp3) is 0.143. The molecule has 2 N–H and O–H groups in total. The molecule has 7 nitrogen and oxygen atoms in total. The van der Waals surface area contributed by atoms with E-state index in [1.165, 1.54) is 54.7 Å². The number of sulfonamides is 1. The molecule has 30 heavy (non-hydrogen) atoms. The molecule has 0 fully saturated rings. The lowest BCUT2D eigenvalue weighted by Gasteiger charge is -2.17. The summed E-state index contributed by atoms with van der Waals surface area (Å²) in [4.78, 5) is 16.4. The highest BCUT2D eigenvalue weighted by Gasteiger charge is 2.19. The number of aromatic nitrogens is 1. The SMILES string of the molecule is CC[C@@H](Oc1ccc(F)cc1)C(=O)Nc1ccc(S(=O)(=O)Nc2cccnc2)cc1. The van der Waals surface area contributed by atoms with Crippen molar-refractivity contribution >= 4 is 27.3 Å². The number of amides is 1. The van der Waals surface area contributed by atoms with E-state index in [0.717, 1.165) is 0 Å². The maximum Gasteiger partial charge on any atom is 0.265 e. The molecule has 0 spiro atoms. The highest BCUT2D eigenvalue weighted by Crippen LogP contribution is 2.19. The first-order valence-electron chi connectivity index (χ1n) is 9.13. The first-order chi connectivity index (χ1) is 14.4. The van der Waals surface area contributed by atoms with Crippen LogP contribution in [0.15, 0.2) is 78.0 Å². The molecule has 0 saturated carbocycles. The number of carbonyl (C=O) groups is 1. The van der Waals surface area contributed by atoms with Crippen LogP contribution in [-0.4, -0.2) is 25.4 Å². The number of pyridine rings is 1. The van der Waals surface area contributed by atoms with Gasteiger partial charge in [0.2, 0.25) is 0 Å². The normalized spacial score (nSPS) is 12.1. The summed E-state index contributed by atoms with van der Waals surface area (Å²) in [5, 5.41) is 2.69. The van der Waals surface area contributed by atoms with Crippen molar-refractivity contribution < 1.29 is 22.3 Å². The number of halogens is 1. The van der Waals surface area contributed by atoms with Crippen molar-refractivity contribution in [2.24, 2.45) is 0 Å². The summed E-state index contributed by atoms with van der Waals surface area (Å²) >= 11 is 0. The van der Waals surface area contributed by atoms with Crippen LogP contribution in [0, 0.1) is 5.82 Å². The molecule has 0 saturated heterocycles. The summed E-state index contributed by atoms with van der Waals surface area (Å²) in [6, 6.07) is 14.3. The third-order valence-corrected chi connectivity index (χ3v) is 5.50. The van der Waals surface area contributed by atoms with Crippen LogP contribution >= 0.6 is 0 Å². The predicted molar refractivity (Wildman–Crippen MR) is 111 cm³/mol. The first kappa shape index (κ1) is 21.3. The number of ether oxygens (including phenoxy) is 1. The Kier molecular flexibility index (Phi) is 6.63. The van der Waals surface area contributed by atoms with Crippen LogP contribution in [0.4, 0.5) is 15.8 Å². The van der Waals surface area contributed by atoms with Gasteiger partial charge in [0.15, 0.2) is 6.10 Å². The zero-order chi connectivity index (χ0) is 21.6. The van der Waals surface area contributed by atoms with Crippen molar-refractivity contribution in [3.05, 3.63) is 78.9 Å². The molecule has 3 aromatic rings. The second kappa shape index (κ2) is 9.36. The van der Waals surface area contributed by atoms with Gasteiger partial charge in [0.1, 0.15) is 11.6 Å². The Morgan fingerprint density at radius 1 is 1.07 bits per heavy atom.